The number of urea groups is 1. The van der Waals surface area contributed by atoms with Gasteiger partial charge in [-0.1, -0.05) is 42.1 Å². The molecule has 2 N–H and O–H groups in total. The first-order chi connectivity index (χ1) is 12.5. The average molecular weight is 387 g/mol. The number of carbonyl (C=O) groups is 2. The number of aryl methyl sites for hydroxylation is 2. The summed E-state index contributed by atoms with van der Waals surface area (Å²) in [5.41, 5.74) is 1.92. The van der Waals surface area contributed by atoms with Gasteiger partial charge in [-0.05, 0) is 25.0 Å². The summed E-state index contributed by atoms with van der Waals surface area (Å²) in [5.74, 6) is -0.392. The second kappa shape index (κ2) is 7.84. The first-order valence-electron chi connectivity index (χ1n) is 7.96. The molecule has 134 valence electrons. The van der Waals surface area contributed by atoms with Gasteiger partial charge in [-0.3, -0.25) is 10.1 Å². The van der Waals surface area contributed by atoms with Crippen molar-refractivity contribution in [3.05, 3.63) is 52.7 Å². The van der Waals surface area contributed by atoms with Gasteiger partial charge in [-0.2, -0.15) is 0 Å². The molecule has 3 rings (SSSR count). The standard InChI is InChI=1S/C18H18N4O2S2/c1-10-11(2)25-16-13(10)17(21-9-20-16)26-14(12-7-5-4-6-8-12)15(23)22-18(24)19-3/h4-9,14H,1-3H3,(H2,19,22,23,24)/t14-/m1/s1. The minimum atomic E-state index is -0.605. The summed E-state index contributed by atoms with van der Waals surface area (Å²) >= 11 is 2.93. The number of thiophene rings is 1. The summed E-state index contributed by atoms with van der Waals surface area (Å²) in [6.45, 7) is 4.08. The molecule has 0 saturated carbocycles. The third-order valence-corrected chi connectivity index (χ3v) is 6.33. The third-order valence-electron chi connectivity index (χ3n) is 3.96. The van der Waals surface area contributed by atoms with E-state index in [2.05, 4.69) is 20.6 Å². The first kappa shape index (κ1) is 18.3. The summed E-state index contributed by atoms with van der Waals surface area (Å²) in [6.07, 6.45) is 1.51. The van der Waals surface area contributed by atoms with Crippen LogP contribution in [0.15, 0.2) is 41.7 Å². The maximum Gasteiger partial charge on any atom is 0.321 e. The molecule has 6 nitrogen and oxygen atoms in total. The Labute approximate surface area is 159 Å². The van der Waals surface area contributed by atoms with Crippen LogP contribution in [0, 0.1) is 13.8 Å². The Kier molecular flexibility index (Phi) is 5.53. The zero-order valence-corrected chi connectivity index (χ0v) is 16.2. The van der Waals surface area contributed by atoms with E-state index in [9.17, 15) is 9.59 Å². The first-order valence-corrected chi connectivity index (χ1v) is 9.65. The number of hydrogen-bond donors (Lipinski definition) is 2. The number of benzene rings is 1. The number of aromatic nitrogens is 2. The van der Waals surface area contributed by atoms with Crippen molar-refractivity contribution in [2.45, 2.75) is 24.1 Å². The predicted octanol–water partition coefficient (Wildman–Crippen LogP) is 3.60. The molecule has 0 aliphatic heterocycles. The number of carbonyl (C=O) groups excluding carboxylic acids is 2. The molecule has 26 heavy (non-hydrogen) atoms. The van der Waals surface area contributed by atoms with Crippen molar-refractivity contribution in [1.82, 2.24) is 20.6 Å². The lowest BCUT2D eigenvalue weighted by Crippen LogP contribution is -2.39. The summed E-state index contributed by atoms with van der Waals surface area (Å²) in [5, 5.41) is 5.86. The van der Waals surface area contributed by atoms with Gasteiger partial charge in [0.25, 0.3) is 0 Å². The summed E-state index contributed by atoms with van der Waals surface area (Å²) in [6, 6.07) is 8.82. The van der Waals surface area contributed by atoms with Crippen molar-refractivity contribution < 1.29 is 9.59 Å². The molecule has 0 unspecified atom stereocenters. The van der Waals surface area contributed by atoms with Crippen LogP contribution < -0.4 is 10.6 Å². The fourth-order valence-corrected chi connectivity index (χ4v) is 4.71. The van der Waals surface area contributed by atoms with Gasteiger partial charge in [0.1, 0.15) is 21.4 Å². The number of rotatable bonds is 4. The Morgan fingerprint density at radius 1 is 1.15 bits per heavy atom. The van der Waals surface area contributed by atoms with Crippen LogP contribution in [0.2, 0.25) is 0 Å². The Balaban J connectivity index is 2.01. The molecule has 0 bridgehead atoms. The van der Waals surface area contributed by atoms with Crippen LogP contribution in [0.5, 0.6) is 0 Å². The highest BCUT2D eigenvalue weighted by molar-refractivity contribution is 8.00. The van der Waals surface area contributed by atoms with Gasteiger partial charge in [0.2, 0.25) is 5.91 Å². The van der Waals surface area contributed by atoms with Gasteiger partial charge in [0, 0.05) is 17.3 Å². The molecule has 0 radical (unpaired) electrons. The molecule has 1 atom stereocenters. The zero-order valence-electron chi connectivity index (χ0n) is 14.6. The third kappa shape index (κ3) is 3.71. The van der Waals surface area contributed by atoms with Gasteiger partial charge in [-0.15, -0.1) is 11.3 Å². The van der Waals surface area contributed by atoms with Gasteiger partial charge < -0.3 is 5.32 Å². The van der Waals surface area contributed by atoms with Crippen LogP contribution in [0.25, 0.3) is 10.2 Å². The lowest BCUT2D eigenvalue weighted by atomic mass is 10.1. The quantitative estimate of drug-likeness (QED) is 0.529. The van der Waals surface area contributed by atoms with Crippen molar-refractivity contribution >= 4 is 45.3 Å². The van der Waals surface area contributed by atoms with Gasteiger partial charge in [-0.25, -0.2) is 14.8 Å². The van der Waals surface area contributed by atoms with E-state index in [0.29, 0.717) is 0 Å². The summed E-state index contributed by atoms with van der Waals surface area (Å²) < 4.78 is 0. The highest BCUT2D eigenvalue weighted by Crippen LogP contribution is 2.40. The second-order valence-electron chi connectivity index (χ2n) is 5.62. The number of imide groups is 1. The number of hydrogen-bond acceptors (Lipinski definition) is 6. The maximum atomic E-state index is 12.7. The van der Waals surface area contributed by atoms with Gasteiger partial charge in [0.05, 0.1) is 0 Å². The lowest BCUT2D eigenvalue weighted by molar-refractivity contribution is -0.119. The smallest absolute Gasteiger partial charge is 0.321 e. The molecule has 8 heteroatoms. The molecule has 3 aromatic rings. The lowest BCUT2D eigenvalue weighted by Gasteiger charge is -2.16. The van der Waals surface area contributed by atoms with Crippen LogP contribution in [-0.2, 0) is 4.79 Å². The number of amides is 3. The Hall–Kier alpha value is -2.45. The SMILES string of the molecule is CNC(=O)NC(=O)[C@H](Sc1ncnc2sc(C)c(C)c12)c1ccccc1. The number of thioether (sulfide) groups is 1. The molecule has 2 heterocycles. The van der Waals surface area contributed by atoms with E-state index in [4.69, 9.17) is 0 Å². The van der Waals surface area contributed by atoms with Crippen LogP contribution in [-0.4, -0.2) is 29.0 Å². The van der Waals surface area contributed by atoms with E-state index in [0.717, 1.165) is 26.4 Å². The van der Waals surface area contributed by atoms with E-state index in [1.54, 1.807) is 11.3 Å². The molecule has 0 fully saturated rings. The fourth-order valence-electron chi connectivity index (χ4n) is 2.49. The number of fused-ring (bicyclic) bond motifs is 1. The molecule has 0 saturated heterocycles. The van der Waals surface area contributed by atoms with Crippen molar-refractivity contribution in [3.8, 4) is 0 Å². The molecule has 3 amide bonds. The minimum Gasteiger partial charge on any atom is -0.341 e. The second-order valence-corrected chi connectivity index (χ2v) is 7.92. The molecule has 0 aliphatic carbocycles. The van der Waals surface area contributed by atoms with E-state index in [1.165, 1.54) is 30.0 Å². The Morgan fingerprint density at radius 3 is 2.58 bits per heavy atom. The van der Waals surface area contributed by atoms with Crippen molar-refractivity contribution in [3.63, 3.8) is 0 Å². The highest BCUT2D eigenvalue weighted by atomic mass is 32.2. The van der Waals surface area contributed by atoms with Crippen LogP contribution >= 0.6 is 23.1 Å². The minimum absolute atomic E-state index is 0.392. The fraction of sp³-hybridized carbons (Fsp3) is 0.222. The van der Waals surface area contributed by atoms with E-state index in [1.807, 2.05) is 44.2 Å². The molecule has 0 aliphatic rings. The highest BCUT2D eigenvalue weighted by Gasteiger charge is 2.26. The molecule has 1 aromatic carbocycles. The van der Waals surface area contributed by atoms with Crippen molar-refractivity contribution in [2.75, 3.05) is 7.05 Å². The normalized spacial score (nSPS) is 12.0. The van der Waals surface area contributed by atoms with Crippen molar-refractivity contribution in [1.29, 1.82) is 0 Å². The average Bonchev–Trinajstić information content (AvgIpc) is 2.95. The van der Waals surface area contributed by atoms with Crippen LogP contribution in [0.1, 0.15) is 21.3 Å². The Morgan fingerprint density at radius 2 is 1.88 bits per heavy atom. The van der Waals surface area contributed by atoms with Crippen molar-refractivity contribution in [2.24, 2.45) is 0 Å². The molecule has 2 aromatic heterocycles. The summed E-state index contributed by atoms with van der Waals surface area (Å²) in [7, 11) is 1.47. The van der Waals surface area contributed by atoms with E-state index >= 15 is 0 Å². The zero-order chi connectivity index (χ0) is 18.7. The van der Waals surface area contributed by atoms with E-state index < -0.39 is 17.2 Å². The molecular weight excluding hydrogens is 368 g/mol. The van der Waals surface area contributed by atoms with Gasteiger partial charge >= 0.3 is 6.03 Å². The summed E-state index contributed by atoms with van der Waals surface area (Å²) in [4.78, 5) is 35.1. The molecular formula is C18H18N4O2S2. The number of nitrogens with zero attached hydrogens (tertiary/aromatic N) is 2. The van der Waals surface area contributed by atoms with Crippen LogP contribution in [0.3, 0.4) is 0 Å². The van der Waals surface area contributed by atoms with Crippen LogP contribution in [0.4, 0.5) is 4.79 Å². The van der Waals surface area contributed by atoms with E-state index in [-0.39, 0.29) is 0 Å². The monoisotopic (exact) mass is 386 g/mol. The predicted molar refractivity (Wildman–Crippen MR) is 105 cm³/mol. The molecule has 0 spiro atoms. The number of nitrogens with one attached hydrogen (secondary N) is 2. The maximum absolute atomic E-state index is 12.7. The Bertz CT molecular complexity index is 956. The largest absolute Gasteiger partial charge is 0.341 e. The topological polar surface area (TPSA) is 84.0 Å². The van der Waals surface area contributed by atoms with Gasteiger partial charge in [0.15, 0.2) is 0 Å².